The number of phenols is 1. The molecule has 0 aliphatic heterocycles. The van der Waals surface area contributed by atoms with Crippen LogP contribution in [0.15, 0.2) is 24.3 Å². The molecule has 14 heavy (non-hydrogen) atoms. The van der Waals surface area contributed by atoms with Gasteiger partial charge < -0.3 is 5.11 Å². The summed E-state index contributed by atoms with van der Waals surface area (Å²) < 4.78 is 0. The first-order chi connectivity index (χ1) is 6.54. The van der Waals surface area contributed by atoms with Gasteiger partial charge in [-0.3, -0.25) is 4.90 Å². The van der Waals surface area contributed by atoms with Crippen LogP contribution in [0.4, 0.5) is 0 Å². The third-order valence-corrected chi connectivity index (χ3v) is 2.81. The highest BCUT2D eigenvalue weighted by molar-refractivity contribution is 5.34. The van der Waals surface area contributed by atoms with Crippen molar-refractivity contribution >= 4 is 0 Å². The van der Waals surface area contributed by atoms with Crippen molar-refractivity contribution < 1.29 is 5.11 Å². The van der Waals surface area contributed by atoms with Crippen LogP contribution >= 0.6 is 0 Å². The van der Waals surface area contributed by atoms with Crippen LogP contribution < -0.4 is 0 Å². The van der Waals surface area contributed by atoms with Crippen molar-refractivity contribution in [3.8, 4) is 5.75 Å². The first kappa shape index (κ1) is 11.1. The van der Waals surface area contributed by atoms with Gasteiger partial charge >= 0.3 is 0 Å². The fourth-order valence-corrected chi connectivity index (χ4v) is 1.51. The third-order valence-electron chi connectivity index (χ3n) is 2.81. The molecule has 0 saturated heterocycles. The van der Waals surface area contributed by atoms with E-state index in [4.69, 9.17) is 0 Å². The molecule has 2 heteroatoms. The molecule has 0 aromatic heterocycles. The van der Waals surface area contributed by atoms with E-state index >= 15 is 0 Å². The molecular weight excluding hydrogens is 174 g/mol. The van der Waals surface area contributed by atoms with Crippen LogP contribution in [0.2, 0.25) is 0 Å². The van der Waals surface area contributed by atoms with Gasteiger partial charge in [-0.25, -0.2) is 0 Å². The van der Waals surface area contributed by atoms with Crippen LogP contribution in [-0.4, -0.2) is 23.1 Å². The molecule has 0 heterocycles. The van der Waals surface area contributed by atoms with Crippen LogP contribution in [0.3, 0.4) is 0 Å². The Bertz CT molecular complexity index is 296. The number of hydrogen-bond donors (Lipinski definition) is 1. The van der Waals surface area contributed by atoms with Gasteiger partial charge in [-0.15, -0.1) is 0 Å². The normalized spacial score (nSPS) is 13.6. The van der Waals surface area contributed by atoms with Gasteiger partial charge in [-0.1, -0.05) is 18.2 Å². The summed E-state index contributed by atoms with van der Waals surface area (Å²) in [7, 11) is 2.07. The van der Waals surface area contributed by atoms with E-state index < -0.39 is 0 Å². The van der Waals surface area contributed by atoms with Gasteiger partial charge in [-0.05, 0) is 33.9 Å². The zero-order valence-electron chi connectivity index (χ0n) is 9.36. The highest BCUT2D eigenvalue weighted by Crippen LogP contribution is 2.27. The molecule has 0 spiro atoms. The van der Waals surface area contributed by atoms with Gasteiger partial charge in [0.25, 0.3) is 0 Å². The summed E-state index contributed by atoms with van der Waals surface area (Å²) in [4.78, 5) is 2.23. The fraction of sp³-hybridized carbons (Fsp3) is 0.500. The SMILES string of the molecule is CC(C)N(C)[C@H](C)c1ccccc1O. The summed E-state index contributed by atoms with van der Waals surface area (Å²) in [6.45, 7) is 6.40. The zero-order chi connectivity index (χ0) is 10.7. The van der Waals surface area contributed by atoms with E-state index in [-0.39, 0.29) is 6.04 Å². The predicted octanol–water partition coefficient (Wildman–Crippen LogP) is 2.79. The Labute approximate surface area is 86.2 Å². The Balaban J connectivity index is 2.89. The Kier molecular flexibility index (Phi) is 3.53. The average Bonchev–Trinajstić information content (AvgIpc) is 2.16. The van der Waals surface area contributed by atoms with E-state index in [1.165, 1.54) is 0 Å². The van der Waals surface area contributed by atoms with Crippen molar-refractivity contribution in [2.24, 2.45) is 0 Å². The van der Waals surface area contributed by atoms with Gasteiger partial charge in [0.05, 0.1) is 0 Å². The molecular formula is C12H19NO. The lowest BCUT2D eigenvalue weighted by Gasteiger charge is -2.29. The maximum Gasteiger partial charge on any atom is 0.120 e. The maximum absolute atomic E-state index is 9.68. The van der Waals surface area contributed by atoms with Crippen LogP contribution in [-0.2, 0) is 0 Å². The van der Waals surface area contributed by atoms with E-state index in [0.717, 1.165) is 5.56 Å². The van der Waals surface area contributed by atoms with E-state index in [0.29, 0.717) is 11.8 Å². The lowest BCUT2D eigenvalue weighted by Crippen LogP contribution is -2.29. The minimum absolute atomic E-state index is 0.246. The number of rotatable bonds is 3. The van der Waals surface area contributed by atoms with Gasteiger partial charge in [-0.2, -0.15) is 0 Å². The lowest BCUT2D eigenvalue weighted by atomic mass is 10.1. The largest absolute Gasteiger partial charge is 0.508 e. The monoisotopic (exact) mass is 193 g/mol. The molecule has 0 fully saturated rings. The number of nitrogens with zero attached hydrogens (tertiary/aromatic N) is 1. The number of hydrogen-bond acceptors (Lipinski definition) is 2. The van der Waals surface area contributed by atoms with Crippen LogP contribution in [0, 0.1) is 0 Å². The smallest absolute Gasteiger partial charge is 0.120 e. The van der Waals surface area contributed by atoms with E-state index in [1.54, 1.807) is 6.07 Å². The van der Waals surface area contributed by atoms with E-state index in [1.807, 2.05) is 18.2 Å². The number of phenolic OH excluding ortho intramolecular Hbond substituents is 1. The summed E-state index contributed by atoms with van der Waals surface area (Å²) in [6, 6.07) is 8.24. The van der Waals surface area contributed by atoms with Gasteiger partial charge in [0.2, 0.25) is 0 Å². The molecule has 0 radical (unpaired) electrons. The Morgan fingerprint density at radius 2 is 1.71 bits per heavy atom. The molecule has 0 saturated carbocycles. The number of para-hydroxylation sites is 1. The van der Waals surface area contributed by atoms with Crippen LogP contribution in [0.5, 0.6) is 5.75 Å². The van der Waals surface area contributed by atoms with Crippen molar-refractivity contribution in [1.82, 2.24) is 4.90 Å². The second kappa shape index (κ2) is 4.47. The molecule has 1 aromatic carbocycles. The first-order valence-electron chi connectivity index (χ1n) is 5.04. The molecule has 1 N–H and O–H groups in total. The van der Waals surface area contributed by atoms with Gasteiger partial charge in [0, 0.05) is 17.6 Å². The highest BCUT2D eigenvalue weighted by Gasteiger charge is 2.16. The molecule has 1 aromatic rings. The minimum Gasteiger partial charge on any atom is -0.508 e. The fourth-order valence-electron chi connectivity index (χ4n) is 1.51. The molecule has 0 aliphatic carbocycles. The van der Waals surface area contributed by atoms with Gasteiger partial charge in [0.15, 0.2) is 0 Å². The molecule has 0 amide bonds. The Hall–Kier alpha value is -1.02. The molecule has 1 rings (SSSR count). The molecule has 2 nitrogen and oxygen atoms in total. The summed E-state index contributed by atoms with van der Waals surface area (Å²) in [5.41, 5.74) is 0.990. The Morgan fingerprint density at radius 1 is 1.14 bits per heavy atom. The maximum atomic E-state index is 9.68. The first-order valence-corrected chi connectivity index (χ1v) is 5.04. The van der Waals surface area contributed by atoms with E-state index in [2.05, 4.69) is 32.7 Å². The quantitative estimate of drug-likeness (QED) is 0.798. The predicted molar refractivity (Wildman–Crippen MR) is 59.4 cm³/mol. The van der Waals surface area contributed by atoms with Crippen molar-refractivity contribution in [1.29, 1.82) is 0 Å². The summed E-state index contributed by atoms with van der Waals surface area (Å²) in [6.07, 6.45) is 0. The summed E-state index contributed by atoms with van der Waals surface area (Å²) >= 11 is 0. The molecule has 0 aliphatic rings. The molecule has 1 atom stereocenters. The van der Waals surface area contributed by atoms with Gasteiger partial charge in [0.1, 0.15) is 5.75 Å². The minimum atomic E-state index is 0.246. The topological polar surface area (TPSA) is 23.5 Å². The lowest BCUT2D eigenvalue weighted by molar-refractivity contribution is 0.207. The zero-order valence-corrected chi connectivity index (χ0v) is 9.36. The van der Waals surface area contributed by atoms with Crippen molar-refractivity contribution in [3.63, 3.8) is 0 Å². The van der Waals surface area contributed by atoms with Crippen molar-refractivity contribution in [3.05, 3.63) is 29.8 Å². The Morgan fingerprint density at radius 3 is 2.21 bits per heavy atom. The van der Waals surface area contributed by atoms with E-state index in [9.17, 15) is 5.11 Å². The standard InChI is InChI=1S/C12H19NO/c1-9(2)13(4)10(3)11-7-5-6-8-12(11)14/h5-10,14H,1-4H3/t10-/m1/s1. The molecule has 0 unspecified atom stereocenters. The van der Waals surface area contributed by atoms with Crippen LogP contribution in [0.25, 0.3) is 0 Å². The number of aromatic hydroxyl groups is 1. The van der Waals surface area contributed by atoms with Crippen molar-refractivity contribution in [2.45, 2.75) is 32.9 Å². The average molecular weight is 193 g/mol. The summed E-state index contributed by atoms with van der Waals surface area (Å²) in [5, 5.41) is 9.68. The van der Waals surface area contributed by atoms with Crippen LogP contribution in [0.1, 0.15) is 32.4 Å². The second-order valence-corrected chi connectivity index (χ2v) is 3.99. The summed E-state index contributed by atoms with van der Waals surface area (Å²) in [5.74, 6) is 0.382. The second-order valence-electron chi connectivity index (χ2n) is 3.99. The molecule has 0 bridgehead atoms. The van der Waals surface area contributed by atoms with Crippen molar-refractivity contribution in [2.75, 3.05) is 7.05 Å². The third kappa shape index (κ3) is 2.26. The highest BCUT2D eigenvalue weighted by atomic mass is 16.3. The number of benzene rings is 1. The molecule has 78 valence electrons.